The lowest BCUT2D eigenvalue weighted by atomic mass is 9.63. The van der Waals surface area contributed by atoms with Crippen molar-refractivity contribution in [2.45, 2.75) is 43.5 Å². The van der Waals surface area contributed by atoms with Crippen molar-refractivity contribution in [1.29, 1.82) is 0 Å². The summed E-state index contributed by atoms with van der Waals surface area (Å²) >= 11 is 0. The Kier molecular flexibility index (Phi) is 4.59. The first-order valence-electron chi connectivity index (χ1n) is 9.70. The molecule has 0 aliphatic heterocycles. The number of aryl methyl sites for hydroxylation is 1. The van der Waals surface area contributed by atoms with Crippen LogP contribution in [0, 0.1) is 0 Å². The number of aromatic nitrogens is 2. The van der Waals surface area contributed by atoms with E-state index in [9.17, 15) is 28.2 Å². The van der Waals surface area contributed by atoms with E-state index in [1.807, 2.05) is 0 Å². The number of nitrogens with zero attached hydrogens (tertiary/aromatic N) is 2. The minimum absolute atomic E-state index is 0.132. The molecule has 0 saturated carbocycles. The van der Waals surface area contributed by atoms with Crippen LogP contribution in [0.2, 0.25) is 0 Å². The number of aromatic hydroxyl groups is 1. The zero-order valence-electron chi connectivity index (χ0n) is 17.2. The Morgan fingerprint density at radius 3 is 2.52 bits per heavy atom. The lowest BCUT2D eigenvalue weighted by Crippen LogP contribution is -2.58. The van der Waals surface area contributed by atoms with Crippen LogP contribution in [0.5, 0.6) is 5.75 Å². The largest absolute Gasteiger partial charge is 0.508 e. The second-order valence-corrected chi connectivity index (χ2v) is 8.64. The fraction of sp³-hybridized carbons (Fsp3) is 0.364. The first-order chi connectivity index (χ1) is 14.4. The number of phenolic OH excluding ortho intramolecular Hbond substituents is 1. The molecule has 1 heterocycles. The number of nitrogens with one attached hydrogen (secondary N) is 1. The summed E-state index contributed by atoms with van der Waals surface area (Å²) in [6.07, 6.45) is -4.22. The number of alkyl halides is 3. The highest BCUT2D eigenvalue weighted by atomic mass is 19.4. The molecule has 2 unspecified atom stereocenters. The predicted molar refractivity (Wildman–Crippen MR) is 110 cm³/mol. The maximum absolute atomic E-state index is 14.2. The maximum Gasteiger partial charge on any atom is 0.419 e. The average Bonchev–Trinajstić information content (AvgIpc) is 2.66. The van der Waals surface area contributed by atoms with Gasteiger partial charge in [-0.15, -0.1) is 0 Å². The van der Waals surface area contributed by atoms with Crippen LogP contribution >= 0.6 is 0 Å². The van der Waals surface area contributed by atoms with Gasteiger partial charge in [0.2, 0.25) is 0 Å². The average molecular weight is 433 g/mol. The van der Waals surface area contributed by atoms with Crippen molar-refractivity contribution in [3.63, 3.8) is 0 Å². The topological polar surface area (TPSA) is 87.4 Å². The van der Waals surface area contributed by atoms with Gasteiger partial charge < -0.3 is 15.5 Å². The summed E-state index contributed by atoms with van der Waals surface area (Å²) in [6.45, 7) is 3.12. The Morgan fingerprint density at radius 1 is 1.16 bits per heavy atom. The van der Waals surface area contributed by atoms with Crippen molar-refractivity contribution in [3.8, 4) is 5.75 Å². The molecule has 0 spiro atoms. The molecule has 0 radical (unpaired) electrons. The van der Waals surface area contributed by atoms with E-state index in [1.54, 1.807) is 26.0 Å². The zero-order valence-corrected chi connectivity index (χ0v) is 17.2. The number of anilines is 1. The van der Waals surface area contributed by atoms with E-state index in [4.69, 9.17) is 0 Å². The monoisotopic (exact) mass is 433 g/mol. The fourth-order valence-electron chi connectivity index (χ4n) is 4.66. The van der Waals surface area contributed by atoms with Crippen LogP contribution in [-0.4, -0.2) is 31.8 Å². The SMILES string of the molecule is Cn1ncc2c(NC3c4cccc(O)c4C(C)(C)CC3(O)C(F)(F)F)cccc2c1=O. The molecular formula is C22H22F3N3O3. The lowest BCUT2D eigenvalue weighted by molar-refractivity contribution is -0.275. The van der Waals surface area contributed by atoms with Crippen molar-refractivity contribution in [2.75, 3.05) is 5.32 Å². The summed E-state index contributed by atoms with van der Waals surface area (Å²) in [4.78, 5) is 12.4. The van der Waals surface area contributed by atoms with E-state index in [2.05, 4.69) is 10.4 Å². The molecular weight excluding hydrogens is 411 g/mol. The third kappa shape index (κ3) is 3.15. The zero-order chi connectivity index (χ0) is 22.8. The minimum Gasteiger partial charge on any atom is -0.508 e. The number of fused-ring (bicyclic) bond motifs is 2. The molecule has 0 saturated heterocycles. The van der Waals surface area contributed by atoms with Crippen LogP contribution in [0.25, 0.3) is 10.8 Å². The fourth-order valence-corrected chi connectivity index (χ4v) is 4.66. The highest BCUT2D eigenvalue weighted by Gasteiger charge is 2.64. The van der Waals surface area contributed by atoms with E-state index in [0.717, 1.165) is 4.68 Å². The van der Waals surface area contributed by atoms with E-state index in [0.29, 0.717) is 10.9 Å². The third-order valence-electron chi connectivity index (χ3n) is 6.03. The summed E-state index contributed by atoms with van der Waals surface area (Å²) in [7, 11) is 1.48. The van der Waals surface area contributed by atoms with E-state index < -0.39 is 35.2 Å². The van der Waals surface area contributed by atoms with Crippen molar-refractivity contribution < 1.29 is 23.4 Å². The molecule has 2 atom stereocenters. The molecule has 4 rings (SSSR count). The number of phenols is 1. The van der Waals surface area contributed by atoms with E-state index >= 15 is 0 Å². The van der Waals surface area contributed by atoms with Gasteiger partial charge in [-0.2, -0.15) is 18.3 Å². The number of benzene rings is 2. The molecule has 9 heteroatoms. The van der Waals surface area contributed by atoms with Gasteiger partial charge >= 0.3 is 6.18 Å². The molecule has 0 bridgehead atoms. The Labute approximate surface area is 175 Å². The van der Waals surface area contributed by atoms with Crippen LogP contribution in [0.3, 0.4) is 0 Å². The molecule has 0 amide bonds. The van der Waals surface area contributed by atoms with Gasteiger partial charge in [0.15, 0.2) is 5.60 Å². The molecule has 164 valence electrons. The number of hydrogen-bond acceptors (Lipinski definition) is 5. The second-order valence-electron chi connectivity index (χ2n) is 8.64. The second kappa shape index (κ2) is 6.71. The summed E-state index contributed by atoms with van der Waals surface area (Å²) < 4.78 is 43.8. The third-order valence-corrected chi connectivity index (χ3v) is 6.03. The number of hydrogen-bond donors (Lipinski definition) is 3. The van der Waals surface area contributed by atoms with Gasteiger partial charge in [-0.3, -0.25) is 4.79 Å². The van der Waals surface area contributed by atoms with Crippen molar-refractivity contribution in [2.24, 2.45) is 7.05 Å². The molecule has 1 aliphatic carbocycles. The van der Waals surface area contributed by atoms with Crippen LogP contribution in [0.1, 0.15) is 37.4 Å². The Bertz CT molecular complexity index is 1240. The number of aliphatic hydroxyl groups is 1. The quantitative estimate of drug-likeness (QED) is 0.573. The number of halogens is 3. The van der Waals surface area contributed by atoms with E-state index in [-0.39, 0.29) is 22.4 Å². The van der Waals surface area contributed by atoms with Gasteiger partial charge in [-0.05, 0) is 35.6 Å². The molecule has 31 heavy (non-hydrogen) atoms. The molecule has 6 nitrogen and oxygen atoms in total. The summed E-state index contributed by atoms with van der Waals surface area (Å²) in [5.74, 6) is -0.132. The van der Waals surface area contributed by atoms with Crippen LogP contribution < -0.4 is 10.9 Å². The Morgan fingerprint density at radius 2 is 1.84 bits per heavy atom. The molecule has 1 aliphatic rings. The Hall–Kier alpha value is -3.07. The van der Waals surface area contributed by atoms with Crippen molar-refractivity contribution >= 4 is 16.5 Å². The smallest absolute Gasteiger partial charge is 0.419 e. The van der Waals surface area contributed by atoms with Gasteiger partial charge in [0, 0.05) is 23.7 Å². The molecule has 0 fully saturated rings. The van der Waals surface area contributed by atoms with E-state index in [1.165, 1.54) is 37.5 Å². The molecule has 2 aromatic carbocycles. The maximum atomic E-state index is 14.2. The highest BCUT2D eigenvalue weighted by Crippen LogP contribution is 2.56. The molecule has 3 N–H and O–H groups in total. The van der Waals surface area contributed by atoms with Crippen molar-refractivity contribution in [3.05, 3.63) is 64.1 Å². The van der Waals surface area contributed by atoms with Gasteiger partial charge in [0.1, 0.15) is 5.75 Å². The van der Waals surface area contributed by atoms with Gasteiger partial charge in [-0.25, -0.2) is 4.68 Å². The highest BCUT2D eigenvalue weighted by molar-refractivity contribution is 5.92. The molecule has 3 aromatic rings. The van der Waals surface area contributed by atoms with Gasteiger partial charge in [-0.1, -0.05) is 32.0 Å². The van der Waals surface area contributed by atoms with Crippen molar-refractivity contribution in [1.82, 2.24) is 9.78 Å². The normalized spacial score (nSPS) is 22.9. The summed E-state index contributed by atoms with van der Waals surface area (Å²) in [5, 5.41) is 28.9. The van der Waals surface area contributed by atoms with Gasteiger partial charge in [0.05, 0.1) is 17.6 Å². The first-order valence-corrected chi connectivity index (χ1v) is 9.70. The van der Waals surface area contributed by atoms with Crippen LogP contribution in [0.15, 0.2) is 47.4 Å². The molecule has 1 aromatic heterocycles. The van der Waals surface area contributed by atoms with Crippen LogP contribution in [-0.2, 0) is 12.5 Å². The summed E-state index contributed by atoms with van der Waals surface area (Å²) in [5.41, 5.74) is -3.94. The summed E-state index contributed by atoms with van der Waals surface area (Å²) in [6, 6.07) is 7.36. The van der Waals surface area contributed by atoms with Crippen LogP contribution in [0.4, 0.5) is 18.9 Å². The Balaban J connectivity index is 1.96. The number of rotatable bonds is 2. The minimum atomic E-state index is -4.95. The van der Waals surface area contributed by atoms with Gasteiger partial charge in [0.25, 0.3) is 5.56 Å². The first kappa shape index (κ1) is 21.2. The predicted octanol–water partition coefficient (Wildman–Crippen LogP) is 3.77. The lowest BCUT2D eigenvalue weighted by Gasteiger charge is -2.49. The standard InChI is InChI=1S/C22H22F3N3O3/c1-20(2)11-21(31,22(23,24)25)18(13-7-5-9-16(29)17(13)20)27-15-8-4-6-12-14(15)10-26-28(3)19(12)30/h4-10,18,27,29,31H,11H2,1-3H3.